The van der Waals surface area contributed by atoms with Crippen molar-refractivity contribution in [1.82, 2.24) is 0 Å². The van der Waals surface area contributed by atoms with Crippen LogP contribution in [0.25, 0.3) is 11.1 Å². The van der Waals surface area contributed by atoms with Gasteiger partial charge in [-0.2, -0.15) is 0 Å². The average Bonchev–Trinajstić information content (AvgIpc) is 3.51. The van der Waals surface area contributed by atoms with E-state index >= 15 is 0 Å². The minimum Gasteiger partial charge on any atom is -0.311 e. The maximum absolute atomic E-state index is 2.43. The highest BCUT2D eigenvalue weighted by molar-refractivity contribution is 5.90. The Morgan fingerprint density at radius 2 is 0.588 bits per heavy atom. The lowest BCUT2D eigenvalue weighted by Gasteiger charge is -2.35. The van der Waals surface area contributed by atoms with Crippen molar-refractivity contribution in [3.05, 3.63) is 241 Å². The van der Waals surface area contributed by atoms with Crippen LogP contribution in [0.15, 0.2) is 218 Å². The van der Waals surface area contributed by atoms with Gasteiger partial charge in [-0.05, 0) is 106 Å². The maximum Gasteiger partial charge on any atom is 0.0714 e. The van der Waals surface area contributed by atoms with E-state index in [1.165, 1.54) is 33.4 Å². The number of para-hydroxylation sites is 3. The second kappa shape index (κ2) is 13.0. The molecule has 0 N–H and O–H groups in total. The monoisotopic (exact) mass is 652 g/mol. The van der Waals surface area contributed by atoms with Crippen LogP contribution in [0.5, 0.6) is 0 Å². The van der Waals surface area contributed by atoms with Crippen molar-refractivity contribution < 1.29 is 0 Å². The molecule has 1 aliphatic carbocycles. The Labute approximate surface area is 300 Å². The quantitative estimate of drug-likeness (QED) is 0.161. The van der Waals surface area contributed by atoms with E-state index in [0.717, 1.165) is 34.1 Å². The van der Waals surface area contributed by atoms with Gasteiger partial charge in [-0.1, -0.05) is 146 Å². The van der Waals surface area contributed by atoms with Crippen molar-refractivity contribution in [2.24, 2.45) is 0 Å². The maximum atomic E-state index is 2.43. The molecule has 9 rings (SSSR count). The minimum atomic E-state index is -0.470. The predicted molar refractivity (Wildman–Crippen MR) is 213 cm³/mol. The van der Waals surface area contributed by atoms with Crippen molar-refractivity contribution >= 4 is 34.1 Å². The van der Waals surface area contributed by atoms with Crippen molar-refractivity contribution in [2.75, 3.05) is 9.80 Å². The Morgan fingerprint density at radius 3 is 1.06 bits per heavy atom. The molecule has 0 spiro atoms. The summed E-state index contributed by atoms with van der Waals surface area (Å²) < 4.78 is 0. The molecule has 2 heteroatoms. The lowest BCUT2D eigenvalue weighted by atomic mass is 9.67. The second-order valence-corrected chi connectivity index (χ2v) is 13.0. The van der Waals surface area contributed by atoms with Gasteiger partial charge in [0.1, 0.15) is 0 Å². The third-order valence-electron chi connectivity index (χ3n) is 10.1. The smallest absolute Gasteiger partial charge is 0.0714 e. The summed E-state index contributed by atoms with van der Waals surface area (Å²) in [5.74, 6) is 0. The van der Waals surface area contributed by atoms with Crippen LogP contribution < -0.4 is 9.80 Å². The zero-order valence-electron chi connectivity index (χ0n) is 28.2. The number of benzene rings is 8. The first kappa shape index (κ1) is 30.4. The number of fused-ring (bicyclic) bond motifs is 3. The van der Waals surface area contributed by atoms with Crippen LogP contribution >= 0.6 is 0 Å². The third-order valence-corrected chi connectivity index (χ3v) is 10.1. The van der Waals surface area contributed by atoms with E-state index in [1.54, 1.807) is 0 Å². The fourth-order valence-electron chi connectivity index (χ4n) is 7.95. The van der Waals surface area contributed by atoms with Gasteiger partial charge in [0.05, 0.1) is 5.41 Å². The highest BCUT2D eigenvalue weighted by Gasteiger charge is 2.46. The van der Waals surface area contributed by atoms with Crippen molar-refractivity contribution in [3.8, 4) is 11.1 Å². The number of rotatable bonds is 8. The number of anilines is 6. The summed E-state index contributed by atoms with van der Waals surface area (Å²) in [6.45, 7) is 0. The van der Waals surface area contributed by atoms with E-state index in [1.807, 2.05) is 0 Å². The molecule has 0 saturated carbocycles. The Bertz CT molecular complexity index is 2310. The summed E-state index contributed by atoms with van der Waals surface area (Å²) in [5.41, 5.74) is 13.8. The van der Waals surface area contributed by atoms with E-state index in [4.69, 9.17) is 0 Å². The van der Waals surface area contributed by atoms with E-state index in [9.17, 15) is 0 Å². The zero-order chi connectivity index (χ0) is 34.0. The van der Waals surface area contributed by atoms with Crippen molar-refractivity contribution in [1.29, 1.82) is 0 Å². The Hall–Kier alpha value is -6.64. The molecule has 0 heterocycles. The molecule has 1 aliphatic rings. The van der Waals surface area contributed by atoms with Gasteiger partial charge in [-0.3, -0.25) is 0 Å². The molecule has 51 heavy (non-hydrogen) atoms. The van der Waals surface area contributed by atoms with Crippen LogP contribution in [0.2, 0.25) is 0 Å². The van der Waals surface area contributed by atoms with Crippen LogP contribution in [0.4, 0.5) is 34.1 Å². The molecule has 0 amide bonds. The van der Waals surface area contributed by atoms with E-state index in [0.29, 0.717) is 0 Å². The normalized spacial score (nSPS) is 12.5. The van der Waals surface area contributed by atoms with Gasteiger partial charge < -0.3 is 9.80 Å². The number of hydrogen-bond acceptors (Lipinski definition) is 2. The van der Waals surface area contributed by atoms with E-state index < -0.39 is 5.41 Å². The fourth-order valence-corrected chi connectivity index (χ4v) is 7.95. The average molecular weight is 653 g/mol. The van der Waals surface area contributed by atoms with E-state index in [2.05, 4.69) is 228 Å². The molecule has 8 aromatic carbocycles. The highest BCUT2D eigenvalue weighted by atomic mass is 15.2. The lowest BCUT2D eigenvalue weighted by Crippen LogP contribution is -2.28. The van der Waals surface area contributed by atoms with Crippen LogP contribution in [0, 0.1) is 0 Å². The van der Waals surface area contributed by atoms with Gasteiger partial charge in [0, 0.05) is 34.1 Å². The lowest BCUT2D eigenvalue weighted by molar-refractivity contribution is 0.768. The van der Waals surface area contributed by atoms with Gasteiger partial charge in [0.2, 0.25) is 0 Å². The van der Waals surface area contributed by atoms with Gasteiger partial charge >= 0.3 is 0 Å². The summed E-state index contributed by atoms with van der Waals surface area (Å²) >= 11 is 0. The summed E-state index contributed by atoms with van der Waals surface area (Å²) in [6, 6.07) is 78.7. The van der Waals surface area contributed by atoms with Crippen LogP contribution in [-0.2, 0) is 5.41 Å². The third kappa shape index (κ3) is 5.21. The second-order valence-electron chi connectivity index (χ2n) is 13.0. The summed E-state index contributed by atoms with van der Waals surface area (Å²) in [7, 11) is 0. The first-order chi connectivity index (χ1) is 25.3. The molecular weight excluding hydrogens is 617 g/mol. The largest absolute Gasteiger partial charge is 0.311 e. The van der Waals surface area contributed by atoms with Crippen LogP contribution in [0.3, 0.4) is 0 Å². The van der Waals surface area contributed by atoms with Gasteiger partial charge in [-0.15, -0.1) is 0 Å². The Morgan fingerprint density at radius 1 is 0.255 bits per heavy atom. The molecule has 8 aromatic rings. The molecule has 0 fully saturated rings. The first-order valence-electron chi connectivity index (χ1n) is 17.5. The molecule has 2 nitrogen and oxygen atoms in total. The fraction of sp³-hybridized carbons (Fsp3) is 0.0204. The Balaban J connectivity index is 1.22. The molecular formula is C49H36N2. The zero-order valence-corrected chi connectivity index (χ0v) is 28.2. The van der Waals surface area contributed by atoms with Gasteiger partial charge in [-0.25, -0.2) is 0 Å². The Kier molecular flexibility index (Phi) is 7.75. The molecule has 0 aromatic heterocycles. The number of nitrogens with zero attached hydrogens (tertiary/aromatic N) is 2. The highest BCUT2D eigenvalue weighted by Crippen LogP contribution is 2.57. The molecule has 0 aliphatic heterocycles. The van der Waals surface area contributed by atoms with E-state index in [-0.39, 0.29) is 0 Å². The standard InChI is InChI=1S/C49H36N2/c1-6-18-37(19-7-1)49(38-20-8-2-9-21-38)47-29-17-16-28-45(47)46-35-34-44(36-48(46)49)51(41-26-14-5-15-27-41)43-32-30-42(31-33-43)50(39-22-10-3-11-23-39)40-24-12-4-13-25-40/h1-36H. The SMILES string of the molecule is c1ccc(N(c2ccccc2)c2ccc(N(c3ccccc3)c3ccc4c(c3)C(c3ccccc3)(c3ccccc3)c3ccccc3-4)cc2)cc1. The van der Waals surface area contributed by atoms with Crippen molar-refractivity contribution in [2.45, 2.75) is 5.41 Å². The number of hydrogen-bond donors (Lipinski definition) is 0. The molecule has 0 saturated heterocycles. The van der Waals surface area contributed by atoms with Gasteiger partial charge in [0.15, 0.2) is 0 Å². The summed E-state index contributed by atoms with van der Waals surface area (Å²) in [5, 5.41) is 0. The predicted octanol–water partition coefficient (Wildman–Crippen LogP) is 13.0. The summed E-state index contributed by atoms with van der Waals surface area (Å²) in [6.07, 6.45) is 0. The topological polar surface area (TPSA) is 6.48 Å². The molecule has 0 bridgehead atoms. The molecule has 0 radical (unpaired) electrons. The van der Waals surface area contributed by atoms with Crippen LogP contribution in [-0.4, -0.2) is 0 Å². The molecule has 0 unspecified atom stereocenters. The minimum absolute atomic E-state index is 0.470. The first-order valence-corrected chi connectivity index (χ1v) is 17.5. The van der Waals surface area contributed by atoms with Crippen LogP contribution in [0.1, 0.15) is 22.3 Å². The summed E-state index contributed by atoms with van der Waals surface area (Å²) in [4.78, 5) is 4.68. The van der Waals surface area contributed by atoms with Gasteiger partial charge in [0.25, 0.3) is 0 Å². The molecule has 0 atom stereocenters. The molecule has 242 valence electrons. The van der Waals surface area contributed by atoms with Crippen molar-refractivity contribution in [3.63, 3.8) is 0 Å².